The molecular weight excluding hydrogens is 372 g/mol. The van der Waals surface area contributed by atoms with Gasteiger partial charge >= 0.3 is 0 Å². The first-order valence-electron chi connectivity index (χ1n) is 10.1. The maximum Gasteiger partial charge on any atom is 0.244 e. The van der Waals surface area contributed by atoms with Gasteiger partial charge in [-0.1, -0.05) is 44.2 Å². The molecule has 6 N–H and O–H groups in total. The second kappa shape index (κ2) is 13.7. The van der Waals surface area contributed by atoms with E-state index in [1.165, 1.54) is 0 Å². The fraction of sp³-hybridized carbons (Fsp3) is 0.571. The van der Waals surface area contributed by atoms with Gasteiger partial charge in [-0.15, -0.1) is 0 Å². The SMILES string of the molecule is CC(C)CC(CC(=O)NO)C(=O)N[C@@H](CCCCN)C(=O)NCc1ccccc1. The van der Waals surface area contributed by atoms with E-state index in [4.69, 9.17) is 10.9 Å². The van der Waals surface area contributed by atoms with Crippen molar-refractivity contribution in [3.63, 3.8) is 0 Å². The molecule has 0 fully saturated rings. The van der Waals surface area contributed by atoms with Gasteiger partial charge in [0.2, 0.25) is 17.7 Å². The summed E-state index contributed by atoms with van der Waals surface area (Å²) in [4.78, 5) is 37.0. The van der Waals surface area contributed by atoms with E-state index in [1.54, 1.807) is 5.48 Å². The van der Waals surface area contributed by atoms with Gasteiger partial charge < -0.3 is 16.4 Å². The van der Waals surface area contributed by atoms with Gasteiger partial charge in [-0.2, -0.15) is 0 Å². The molecular formula is C21H34N4O4. The van der Waals surface area contributed by atoms with Gasteiger partial charge in [0.1, 0.15) is 6.04 Å². The van der Waals surface area contributed by atoms with Crippen molar-refractivity contribution < 1.29 is 19.6 Å². The minimum absolute atomic E-state index is 0.137. The summed E-state index contributed by atoms with van der Waals surface area (Å²) in [6.07, 6.45) is 2.25. The predicted octanol–water partition coefficient (Wildman–Crippen LogP) is 1.47. The number of hydrogen-bond acceptors (Lipinski definition) is 5. The highest BCUT2D eigenvalue weighted by atomic mass is 16.5. The molecule has 1 aromatic carbocycles. The number of carbonyl (C=O) groups is 3. The molecule has 8 heteroatoms. The third-order valence-corrected chi connectivity index (χ3v) is 4.57. The molecule has 0 aliphatic heterocycles. The predicted molar refractivity (Wildman–Crippen MR) is 111 cm³/mol. The second-order valence-corrected chi connectivity index (χ2v) is 7.61. The quantitative estimate of drug-likeness (QED) is 0.192. The molecule has 0 aliphatic rings. The number of hydroxylamine groups is 1. The minimum Gasteiger partial charge on any atom is -0.350 e. The van der Waals surface area contributed by atoms with E-state index in [1.807, 2.05) is 44.2 Å². The van der Waals surface area contributed by atoms with Crippen LogP contribution in [0.4, 0.5) is 0 Å². The van der Waals surface area contributed by atoms with Crippen molar-refractivity contribution in [3.05, 3.63) is 35.9 Å². The number of rotatable bonds is 13. The highest BCUT2D eigenvalue weighted by Gasteiger charge is 2.27. The lowest BCUT2D eigenvalue weighted by Crippen LogP contribution is -2.49. The van der Waals surface area contributed by atoms with E-state index in [9.17, 15) is 14.4 Å². The Balaban J connectivity index is 2.78. The van der Waals surface area contributed by atoms with Crippen molar-refractivity contribution in [2.75, 3.05) is 6.54 Å². The smallest absolute Gasteiger partial charge is 0.244 e. The molecule has 3 amide bonds. The maximum absolute atomic E-state index is 12.8. The van der Waals surface area contributed by atoms with E-state index in [-0.39, 0.29) is 24.2 Å². The van der Waals surface area contributed by atoms with Crippen molar-refractivity contribution in [1.82, 2.24) is 16.1 Å². The lowest BCUT2D eigenvalue weighted by atomic mass is 9.92. The standard InChI is InChI=1S/C21H34N4O4/c1-15(2)12-17(13-19(26)25-29)20(27)24-18(10-6-7-11-22)21(28)23-14-16-8-4-3-5-9-16/h3-5,8-9,15,17-18,29H,6-7,10-14,22H2,1-2H3,(H,23,28)(H,24,27)(H,25,26)/t17?,18-/m0/s1. The number of carbonyl (C=O) groups excluding carboxylic acids is 3. The molecule has 1 aromatic rings. The lowest BCUT2D eigenvalue weighted by Gasteiger charge is -2.23. The van der Waals surface area contributed by atoms with Gasteiger partial charge in [0.25, 0.3) is 0 Å². The largest absolute Gasteiger partial charge is 0.350 e. The van der Waals surface area contributed by atoms with E-state index >= 15 is 0 Å². The zero-order valence-corrected chi connectivity index (χ0v) is 17.3. The van der Waals surface area contributed by atoms with E-state index in [0.29, 0.717) is 32.4 Å². The van der Waals surface area contributed by atoms with Crippen LogP contribution >= 0.6 is 0 Å². The fourth-order valence-electron chi connectivity index (χ4n) is 3.08. The topological polar surface area (TPSA) is 134 Å². The molecule has 0 radical (unpaired) electrons. The Bertz CT molecular complexity index is 637. The number of unbranched alkanes of at least 4 members (excludes halogenated alkanes) is 1. The summed E-state index contributed by atoms with van der Waals surface area (Å²) in [5.41, 5.74) is 8.07. The average Bonchev–Trinajstić information content (AvgIpc) is 2.71. The number of nitrogens with one attached hydrogen (secondary N) is 3. The summed E-state index contributed by atoms with van der Waals surface area (Å²) in [5.74, 6) is -1.70. The minimum atomic E-state index is -0.704. The Labute approximate surface area is 172 Å². The zero-order chi connectivity index (χ0) is 21.6. The molecule has 0 saturated carbocycles. The first-order valence-corrected chi connectivity index (χ1v) is 10.1. The van der Waals surface area contributed by atoms with Crippen LogP contribution in [-0.2, 0) is 20.9 Å². The molecule has 0 aliphatic carbocycles. The number of nitrogens with two attached hydrogens (primary N) is 1. The van der Waals surface area contributed by atoms with E-state index in [2.05, 4.69) is 10.6 Å². The number of benzene rings is 1. The monoisotopic (exact) mass is 406 g/mol. The van der Waals surface area contributed by atoms with Gasteiger partial charge in [-0.25, -0.2) is 5.48 Å². The normalized spacial score (nSPS) is 12.9. The van der Waals surface area contributed by atoms with Crippen molar-refractivity contribution in [3.8, 4) is 0 Å². The summed E-state index contributed by atoms with van der Waals surface area (Å²) in [6, 6.07) is 8.81. The van der Waals surface area contributed by atoms with Crippen LogP contribution in [0.25, 0.3) is 0 Å². The summed E-state index contributed by atoms with van der Waals surface area (Å²) < 4.78 is 0. The van der Waals surface area contributed by atoms with E-state index in [0.717, 1.165) is 12.0 Å². The van der Waals surface area contributed by atoms with Crippen LogP contribution in [0.5, 0.6) is 0 Å². The molecule has 8 nitrogen and oxygen atoms in total. The van der Waals surface area contributed by atoms with Crippen molar-refractivity contribution in [2.45, 2.75) is 58.5 Å². The molecule has 1 rings (SSSR count). The molecule has 0 spiro atoms. The van der Waals surface area contributed by atoms with Crippen LogP contribution in [0.15, 0.2) is 30.3 Å². The van der Waals surface area contributed by atoms with Crippen LogP contribution in [0.1, 0.15) is 51.5 Å². The van der Waals surface area contributed by atoms with Gasteiger partial charge in [-0.3, -0.25) is 19.6 Å². The fourth-order valence-corrected chi connectivity index (χ4v) is 3.08. The summed E-state index contributed by atoms with van der Waals surface area (Å²) in [6.45, 7) is 4.77. The van der Waals surface area contributed by atoms with Crippen molar-refractivity contribution in [2.24, 2.45) is 17.6 Å². The molecule has 1 unspecified atom stereocenters. The van der Waals surface area contributed by atoms with Gasteiger partial charge in [0.15, 0.2) is 0 Å². The van der Waals surface area contributed by atoms with Gasteiger partial charge in [-0.05, 0) is 43.7 Å². The molecule has 0 saturated heterocycles. The maximum atomic E-state index is 12.8. The number of hydrogen-bond donors (Lipinski definition) is 5. The lowest BCUT2D eigenvalue weighted by molar-refractivity contribution is -0.136. The first-order chi connectivity index (χ1) is 13.9. The summed E-state index contributed by atoms with van der Waals surface area (Å²) in [7, 11) is 0. The van der Waals surface area contributed by atoms with Crippen LogP contribution < -0.4 is 21.8 Å². The summed E-state index contributed by atoms with van der Waals surface area (Å²) in [5, 5.41) is 14.4. The Hall–Kier alpha value is -2.45. The average molecular weight is 407 g/mol. The highest BCUT2D eigenvalue weighted by molar-refractivity contribution is 5.90. The van der Waals surface area contributed by atoms with Crippen molar-refractivity contribution in [1.29, 1.82) is 0 Å². The third-order valence-electron chi connectivity index (χ3n) is 4.57. The molecule has 0 bridgehead atoms. The highest BCUT2D eigenvalue weighted by Crippen LogP contribution is 2.17. The molecule has 162 valence electrons. The zero-order valence-electron chi connectivity index (χ0n) is 17.3. The van der Waals surface area contributed by atoms with Gasteiger partial charge in [0, 0.05) is 18.9 Å². The summed E-state index contributed by atoms with van der Waals surface area (Å²) >= 11 is 0. The molecule has 29 heavy (non-hydrogen) atoms. The number of amides is 3. The Morgan fingerprint density at radius 3 is 2.34 bits per heavy atom. The van der Waals surface area contributed by atoms with Crippen LogP contribution in [0.3, 0.4) is 0 Å². The van der Waals surface area contributed by atoms with Gasteiger partial charge in [0.05, 0.1) is 0 Å². The van der Waals surface area contributed by atoms with Crippen LogP contribution in [0.2, 0.25) is 0 Å². The Kier molecular flexibility index (Phi) is 11.6. The van der Waals surface area contributed by atoms with Crippen LogP contribution in [0, 0.1) is 11.8 Å². The first kappa shape index (κ1) is 24.6. The molecule has 0 aromatic heterocycles. The van der Waals surface area contributed by atoms with Crippen LogP contribution in [-0.4, -0.2) is 35.5 Å². The molecule has 0 heterocycles. The Morgan fingerprint density at radius 2 is 1.76 bits per heavy atom. The van der Waals surface area contributed by atoms with Crippen molar-refractivity contribution >= 4 is 17.7 Å². The Morgan fingerprint density at radius 1 is 1.07 bits per heavy atom. The third kappa shape index (κ3) is 10.0. The molecule has 2 atom stereocenters. The van der Waals surface area contributed by atoms with E-state index < -0.39 is 17.9 Å². The second-order valence-electron chi connectivity index (χ2n) is 7.61.